The van der Waals surface area contributed by atoms with Crippen LogP contribution in [0.15, 0.2) is 36.4 Å². The summed E-state index contributed by atoms with van der Waals surface area (Å²) in [4.78, 5) is 16.2. The number of aliphatic hydroxyl groups is 1. The summed E-state index contributed by atoms with van der Waals surface area (Å²) in [5, 5.41) is 12.0. The Morgan fingerprint density at radius 3 is 2.55 bits per heavy atom. The van der Waals surface area contributed by atoms with Crippen LogP contribution in [0, 0.1) is 6.92 Å². The van der Waals surface area contributed by atoms with Crippen molar-refractivity contribution >= 4 is 23.2 Å². The van der Waals surface area contributed by atoms with E-state index in [1.807, 2.05) is 24.3 Å². The fourth-order valence-electron chi connectivity index (χ4n) is 1.85. The number of rotatable bonds is 4. The van der Waals surface area contributed by atoms with E-state index in [4.69, 9.17) is 16.7 Å². The van der Waals surface area contributed by atoms with E-state index in [0.717, 1.165) is 5.56 Å². The van der Waals surface area contributed by atoms with Gasteiger partial charge in [-0.25, -0.2) is 4.98 Å². The molecule has 0 fully saturated rings. The summed E-state index contributed by atoms with van der Waals surface area (Å²) in [6.07, 6.45) is 0.606. The third-order valence-corrected chi connectivity index (χ3v) is 3.12. The zero-order chi connectivity index (χ0) is 14.5. The Morgan fingerprint density at radius 2 is 1.95 bits per heavy atom. The minimum Gasteiger partial charge on any atom is -0.396 e. The highest BCUT2D eigenvalue weighted by molar-refractivity contribution is 6.29. The fourth-order valence-corrected chi connectivity index (χ4v) is 2.04. The van der Waals surface area contributed by atoms with Crippen molar-refractivity contribution in [1.82, 2.24) is 4.98 Å². The van der Waals surface area contributed by atoms with E-state index in [1.54, 1.807) is 19.1 Å². The molecule has 0 radical (unpaired) electrons. The molecule has 104 valence electrons. The second-order valence-corrected chi connectivity index (χ2v) is 4.78. The van der Waals surface area contributed by atoms with Crippen LogP contribution >= 0.6 is 11.6 Å². The molecule has 2 aromatic rings. The zero-order valence-corrected chi connectivity index (χ0v) is 11.8. The minimum absolute atomic E-state index is 0.112. The van der Waals surface area contributed by atoms with Crippen molar-refractivity contribution in [2.75, 3.05) is 11.9 Å². The highest BCUT2D eigenvalue weighted by Crippen LogP contribution is 2.15. The van der Waals surface area contributed by atoms with Crippen molar-refractivity contribution in [3.63, 3.8) is 0 Å². The van der Waals surface area contributed by atoms with E-state index in [-0.39, 0.29) is 12.5 Å². The third-order valence-electron chi connectivity index (χ3n) is 2.91. The predicted molar refractivity (Wildman–Crippen MR) is 79.2 cm³/mol. The second-order valence-electron chi connectivity index (χ2n) is 4.39. The molecule has 0 bridgehead atoms. The van der Waals surface area contributed by atoms with Crippen LogP contribution in [0.4, 0.5) is 5.69 Å². The summed E-state index contributed by atoms with van der Waals surface area (Å²) in [5.74, 6) is -0.221. The van der Waals surface area contributed by atoms with Gasteiger partial charge in [-0.3, -0.25) is 4.79 Å². The number of aromatic nitrogens is 1. The van der Waals surface area contributed by atoms with Crippen molar-refractivity contribution in [2.24, 2.45) is 0 Å². The van der Waals surface area contributed by atoms with E-state index >= 15 is 0 Å². The summed E-state index contributed by atoms with van der Waals surface area (Å²) in [6, 6.07) is 10.6. The number of nitrogens with one attached hydrogen (secondary N) is 1. The number of hydrogen-bond acceptors (Lipinski definition) is 3. The fraction of sp³-hybridized carbons (Fsp3) is 0.200. The van der Waals surface area contributed by atoms with Crippen LogP contribution in [0.3, 0.4) is 0 Å². The van der Waals surface area contributed by atoms with E-state index < -0.39 is 0 Å². The lowest BCUT2D eigenvalue weighted by molar-refractivity contribution is 0.102. The van der Waals surface area contributed by atoms with Gasteiger partial charge in [-0.15, -0.1) is 0 Å². The van der Waals surface area contributed by atoms with Crippen molar-refractivity contribution in [3.8, 4) is 0 Å². The molecular formula is C15H15ClN2O2. The van der Waals surface area contributed by atoms with Crippen LogP contribution < -0.4 is 5.32 Å². The number of benzene rings is 1. The molecule has 1 heterocycles. The van der Waals surface area contributed by atoms with Gasteiger partial charge in [-0.1, -0.05) is 23.7 Å². The van der Waals surface area contributed by atoms with Crippen molar-refractivity contribution in [2.45, 2.75) is 13.3 Å². The number of amides is 1. The van der Waals surface area contributed by atoms with Crippen molar-refractivity contribution in [1.29, 1.82) is 0 Å². The van der Waals surface area contributed by atoms with Gasteiger partial charge in [-0.2, -0.15) is 0 Å². The van der Waals surface area contributed by atoms with Crippen molar-refractivity contribution in [3.05, 3.63) is 58.4 Å². The number of hydrogen-bond donors (Lipinski definition) is 2. The molecule has 5 heteroatoms. The molecule has 0 atom stereocenters. The quantitative estimate of drug-likeness (QED) is 0.851. The highest BCUT2D eigenvalue weighted by Gasteiger charge is 2.10. The number of carbonyl (C=O) groups excluding carboxylic acids is 1. The zero-order valence-electron chi connectivity index (χ0n) is 11.1. The lowest BCUT2D eigenvalue weighted by Crippen LogP contribution is -2.14. The molecule has 0 unspecified atom stereocenters. The van der Waals surface area contributed by atoms with Crippen LogP contribution in [-0.2, 0) is 6.42 Å². The Hall–Kier alpha value is -1.91. The minimum atomic E-state index is -0.221. The summed E-state index contributed by atoms with van der Waals surface area (Å²) < 4.78 is 0. The SMILES string of the molecule is Cc1nc(Cl)ccc1C(=O)Nc1ccc(CCO)cc1. The first-order valence-corrected chi connectivity index (χ1v) is 6.62. The first-order valence-electron chi connectivity index (χ1n) is 6.24. The molecule has 0 saturated carbocycles. The largest absolute Gasteiger partial charge is 0.396 e. The van der Waals surface area contributed by atoms with Gasteiger partial charge in [0.2, 0.25) is 0 Å². The Kier molecular flexibility index (Phi) is 4.71. The maximum Gasteiger partial charge on any atom is 0.257 e. The average Bonchev–Trinajstić information content (AvgIpc) is 2.41. The molecule has 2 N–H and O–H groups in total. The van der Waals surface area contributed by atoms with Gasteiger partial charge < -0.3 is 10.4 Å². The number of aryl methyl sites for hydroxylation is 1. The van der Waals surface area contributed by atoms with Crippen LogP contribution in [0.1, 0.15) is 21.6 Å². The third kappa shape index (κ3) is 3.56. The summed E-state index contributed by atoms with van der Waals surface area (Å²) in [5.41, 5.74) is 2.81. The predicted octanol–water partition coefficient (Wildman–Crippen LogP) is 2.83. The summed E-state index contributed by atoms with van der Waals surface area (Å²) >= 11 is 5.77. The smallest absolute Gasteiger partial charge is 0.257 e. The first-order chi connectivity index (χ1) is 9.60. The molecular weight excluding hydrogens is 276 g/mol. The number of pyridine rings is 1. The number of nitrogens with zero attached hydrogens (tertiary/aromatic N) is 1. The number of carbonyl (C=O) groups is 1. The average molecular weight is 291 g/mol. The lowest BCUT2D eigenvalue weighted by Gasteiger charge is -2.08. The van der Waals surface area contributed by atoms with Crippen molar-refractivity contribution < 1.29 is 9.90 Å². The van der Waals surface area contributed by atoms with Gasteiger partial charge in [0.05, 0.1) is 11.3 Å². The monoisotopic (exact) mass is 290 g/mol. The number of halogens is 1. The molecule has 0 aliphatic carbocycles. The molecule has 1 aromatic heterocycles. The Morgan fingerprint density at radius 1 is 1.25 bits per heavy atom. The van der Waals surface area contributed by atoms with E-state index in [1.165, 1.54) is 0 Å². The maximum atomic E-state index is 12.1. The van der Waals surface area contributed by atoms with Gasteiger partial charge in [0.15, 0.2) is 0 Å². The van der Waals surface area contributed by atoms with E-state index in [0.29, 0.717) is 28.5 Å². The van der Waals surface area contributed by atoms with Crippen LogP contribution in [0.25, 0.3) is 0 Å². The summed E-state index contributed by atoms with van der Waals surface area (Å²) in [7, 11) is 0. The molecule has 0 aliphatic rings. The molecule has 1 aromatic carbocycles. The lowest BCUT2D eigenvalue weighted by atomic mass is 10.1. The van der Waals surface area contributed by atoms with E-state index in [9.17, 15) is 4.79 Å². The molecule has 20 heavy (non-hydrogen) atoms. The maximum absolute atomic E-state index is 12.1. The van der Waals surface area contributed by atoms with Gasteiger partial charge in [0.1, 0.15) is 5.15 Å². The van der Waals surface area contributed by atoms with Crippen LogP contribution in [0.5, 0.6) is 0 Å². The molecule has 0 spiro atoms. The summed E-state index contributed by atoms with van der Waals surface area (Å²) in [6.45, 7) is 1.85. The number of anilines is 1. The topological polar surface area (TPSA) is 62.2 Å². The van der Waals surface area contributed by atoms with E-state index in [2.05, 4.69) is 10.3 Å². The Balaban J connectivity index is 2.11. The van der Waals surface area contributed by atoms with Crippen LogP contribution in [0.2, 0.25) is 5.15 Å². The van der Waals surface area contributed by atoms with Gasteiger partial charge in [0, 0.05) is 12.3 Å². The molecule has 4 nitrogen and oxygen atoms in total. The van der Waals surface area contributed by atoms with Gasteiger partial charge >= 0.3 is 0 Å². The highest BCUT2D eigenvalue weighted by atomic mass is 35.5. The van der Waals surface area contributed by atoms with Crippen LogP contribution in [-0.4, -0.2) is 22.6 Å². The Bertz CT molecular complexity index is 612. The molecule has 1 amide bonds. The second kappa shape index (κ2) is 6.50. The normalized spacial score (nSPS) is 10.3. The molecule has 0 saturated heterocycles. The molecule has 0 aliphatic heterocycles. The first kappa shape index (κ1) is 14.5. The number of aliphatic hydroxyl groups excluding tert-OH is 1. The van der Waals surface area contributed by atoms with Gasteiger partial charge in [-0.05, 0) is 43.2 Å². The van der Waals surface area contributed by atoms with Gasteiger partial charge in [0.25, 0.3) is 5.91 Å². The molecule has 2 rings (SSSR count). The standard InChI is InChI=1S/C15H15ClN2O2/c1-10-13(6-7-14(16)17-10)15(20)18-12-4-2-11(3-5-12)8-9-19/h2-7,19H,8-9H2,1H3,(H,18,20). The Labute approximate surface area is 122 Å².